The zero-order chi connectivity index (χ0) is 21.6. The monoisotopic (exact) mass is 412 g/mol. The number of aromatic nitrogens is 1. The molecule has 30 heavy (non-hydrogen) atoms. The van der Waals surface area contributed by atoms with E-state index in [1.54, 1.807) is 25.3 Å². The third kappa shape index (κ3) is 3.74. The first-order chi connectivity index (χ1) is 14.1. The zero-order valence-corrected chi connectivity index (χ0v) is 17.2. The Hall–Kier alpha value is -3.36. The lowest BCUT2D eigenvalue weighted by atomic mass is 10.0. The molecule has 2 aliphatic heterocycles. The summed E-state index contributed by atoms with van der Waals surface area (Å²) < 4.78 is 6.84. The first-order valence-corrected chi connectivity index (χ1v) is 9.87. The van der Waals surface area contributed by atoms with Gasteiger partial charge in [-0.25, -0.2) is 9.59 Å². The number of nitrogens with zero attached hydrogens (tertiary/aromatic N) is 2. The minimum absolute atomic E-state index is 0.219. The first kappa shape index (κ1) is 19.9. The topological polar surface area (TPSA) is 110 Å². The fraction of sp³-hybridized carbons (Fsp3) is 0.429. The largest absolute Gasteiger partial charge is 0.444 e. The zero-order valence-electron chi connectivity index (χ0n) is 17.2. The Balaban J connectivity index is 1.53. The standard InChI is InChI=1S/C21H24N4O5/c1-21(2,3)30-19(28)22-10-12-4-5-13-9-14-11-24(20(29)25(14)16(13)8-12)15-6-7-17(26)23-18(15)27/h4-5,8-9,15H,6-7,10-11H2,1-3H3,(H,22,28)(H,23,26,27). The highest BCUT2D eigenvalue weighted by Crippen LogP contribution is 2.30. The Labute approximate surface area is 173 Å². The van der Waals surface area contributed by atoms with Gasteiger partial charge in [0.1, 0.15) is 11.6 Å². The maximum atomic E-state index is 13.1. The Morgan fingerprint density at radius 2 is 2.00 bits per heavy atom. The molecule has 0 saturated carbocycles. The molecular weight excluding hydrogens is 388 g/mol. The predicted octanol–water partition coefficient (Wildman–Crippen LogP) is 2.25. The predicted molar refractivity (Wildman–Crippen MR) is 108 cm³/mol. The van der Waals surface area contributed by atoms with Crippen LogP contribution in [0.3, 0.4) is 0 Å². The van der Waals surface area contributed by atoms with Crippen molar-refractivity contribution >= 4 is 34.8 Å². The van der Waals surface area contributed by atoms with Crippen LogP contribution in [-0.2, 0) is 27.4 Å². The van der Waals surface area contributed by atoms with Gasteiger partial charge in [-0.1, -0.05) is 12.1 Å². The van der Waals surface area contributed by atoms with Crippen LogP contribution in [0.25, 0.3) is 10.9 Å². The maximum Gasteiger partial charge on any atom is 0.407 e. The molecule has 3 heterocycles. The van der Waals surface area contributed by atoms with Crippen molar-refractivity contribution in [3.63, 3.8) is 0 Å². The number of piperidine rings is 1. The van der Waals surface area contributed by atoms with Gasteiger partial charge >= 0.3 is 12.1 Å². The summed E-state index contributed by atoms with van der Waals surface area (Å²) in [6.45, 7) is 5.95. The number of hydrogen-bond donors (Lipinski definition) is 2. The first-order valence-electron chi connectivity index (χ1n) is 9.87. The summed E-state index contributed by atoms with van der Waals surface area (Å²) in [5.41, 5.74) is 1.74. The van der Waals surface area contributed by atoms with E-state index >= 15 is 0 Å². The van der Waals surface area contributed by atoms with Crippen LogP contribution < -0.4 is 10.6 Å². The SMILES string of the molecule is CC(C)(C)OC(=O)NCc1ccc2cc3n(c2c1)C(=O)N(C1CCC(=O)NC1=O)C3. The number of nitrogens with one attached hydrogen (secondary N) is 2. The van der Waals surface area contributed by atoms with E-state index in [9.17, 15) is 19.2 Å². The Morgan fingerprint density at radius 1 is 1.23 bits per heavy atom. The highest BCUT2D eigenvalue weighted by molar-refractivity contribution is 6.03. The lowest BCUT2D eigenvalue weighted by molar-refractivity contribution is -0.136. The molecule has 4 amide bonds. The van der Waals surface area contributed by atoms with Gasteiger partial charge in [-0.15, -0.1) is 0 Å². The molecule has 4 rings (SSSR count). The van der Waals surface area contributed by atoms with Gasteiger partial charge in [-0.05, 0) is 44.9 Å². The number of benzene rings is 1. The Kier molecular flexibility index (Phi) is 4.76. The van der Waals surface area contributed by atoms with E-state index in [4.69, 9.17) is 4.74 Å². The molecular formula is C21H24N4O5. The van der Waals surface area contributed by atoms with Gasteiger partial charge in [0.2, 0.25) is 11.8 Å². The molecule has 158 valence electrons. The molecule has 2 aromatic rings. The number of fused-ring (bicyclic) bond motifs is 3. The highest BCUT2D eigenvalue weighted by atomic mass is 16.6. The molecule has 0 radical (unpaired) electrons. The number of carbonyl (C=O) groups is 4. The normalized spacial score (nSPS) is 19.1. The average molecular weight is 412 g/mol. The molecule has 2 N–H and O–H groups in total. The van der Waals surface area contributed by atoms with Crippen LogP contribution in [0.5, 0.6) is 0 Å². The number of amides is 4. The summed E-state index contributed by atoms with van der Waals surface area (Å²) in [5.74, 6) is -0.744. The smallest absolute Gasteiger partial charge is 0.407 e. The van der Waals surface area contributed by atoms with Gasteiger partial charge in [0, 0.05) is 24.0 Å². The van der Waals surface area contributed by atoms with E-state index in [1.807, 2.05) is 24.3 Å². The Morgan fingerprint density at radius 3 is 2.70 bits per heavy atom. The van der Waals surface area contributed by atoms with Crippen LogP contribution in [0, 0.1) is 0 Å². The Bertz CT molecular complexity index is 1070. The minimum Gasteiger partial charge on any atom is -0.444 e. The molecule has 1 unspecified atom stereocenters. The summed E-state index contributed by atoms with van der Waals surface area (Å²) >= 11 is 0. The van der Waals surface area contributed by atoms with Crippen molar-refractivity contribution in [3.05, 3.63) is 35.5 Å². The molecule has 1 aromatic carbocycles. The van der Waals surface area contributed by atoms with Gasteiger partial charge in [0.25, 0.3) is 0 Å². The average Bonchev–Trinajstić information content (AvgIpc) is 3.15. The number of carbonyl (C=O) groups excluding carboxylic acids is 4. The minimum atomic E-state index is -0.651. The third-order valence-corrected chi connectivity index (χ3v) is 5.14. The molecule has 0 bridgehead atoms. The molecule has 0 aliphatic carbocycles. The third-order valence-electron chi connectivity index (χ3n) is 5.14. The van der Waals surface area contributed by atoms with Gasteiger partial charge in [-0.3, -0.25) is 19.5 Å². The summed E-state index contributed by atoms with van der Waals surface area (Å²) in [7, 11) is 0. The molecule has 1 aromatic heterocycles. The van der Waals surface area contributed by atoms with Crippen LogP contribution in [0.2, 0.25) is 0 Å². The molecule has 9 heteroatoms. The van der Waals surface area contributed by atoms with E-state index in [1.165, 1.54) is 4.90 Å². The fourth-order valence-corrected chi connectivity index (χ4v) is 3.84. The van der Waals surface area contributed by atoms with Gasteiger partial charge in [0.15, 0.2) is 0 Å². The van der Waals surface area contributed by atoms with Crippen LogP contribution in [0.15, 0.2) is 24.3 Å². The number of ether oxygens (including phenoxy) is 1. The lowest BCUT2D eigenvalue weighted by Gasteiger charge is -2.28. The number of hydrogen-bond acceptors (Lipinski definition) is 5. The van der Waals surface area contributed by atoms with Crippen LogP contribution in [0.4, 0.5) is 9.59 Å². The summed E-state index contributed by atoms with van der Waals surface area (Å²) in [6.07, 6.45) is 0.0312. The van der Waals surface area contributed by atoms with Crippen molar-refractivity contribution in [1.29, 1.82) is 0 Å². The fourth-order valence-electron chi connectivity index (χ4n) is 3.84. The van der Waals surface area contributed by atoms with E-state index in [0.29, 0.717) is 18.5 Å². The van der Waals surface area contributed by atoms with Crippen LogP contribution in [-0.4, -0.2) is 45.0 Å². The van der Waals surface area contributed by atoms with Crippen molar-refractivity contribution in [3.8, 4) is 0 Å². The van der Waals surface area contributed by atoms with Crippen molar-refractivity contribution in [2.45, 2.75) is 58.3 Å². The molecule has 1 saturated heterocycles. The van der Waals surface area contributed by atoms with Crippen molar-refractivity contribution < 1.29 is 23.9 Å². The van der Waals surface area contributed by atoms with Gasteiger partial charge < -0.3 is 15.0 Å². The molecule has 2 aliphatic rings. The van der Waals surface area contributed by atoms with Crippen LogP contribution >= 0.6 is 0 Å². The van der Waals surface area contributed by atoms with Crippen molar-refractivity contribution in [2.24, 2.45) is 0 Å². The number of imide groups is 1. The van der Waals surface area contributed by atoms with Crippen LogP contribution in [0.1, 0.15) is 44.9 Å². The van der Waals surface area contributed by atoms with E-state index in [0.717, 1.165) is 16.6 Å². The molecule has 1 fully saturated rings. The van der Waals surface area contributed by atoms with Crippen molar-refractivity contribution in [2.75, 3.05) is 0 Å². The quantitative estimate of drug-likeness (QED) is 0.752. The van der Waals surface area contributed by atoms with E-state index < -0.39 is 23.6 Å². The summed E-state index contributed by atoms with van der Waals surface area (Å²) in [4.78, 5) is 50.1. The van der Waals surface area contributed by atoms with Gasteiger partial charge in [0.05, 0.1) is 12.1 Å². The molecule has 1 atom stereocenters. The summed E-state index contributed by atoms with van der Waals surface area (Å²) in [6, 6.07) is 6.62. The van der Waals surface area contributed by atoms with Crippen molar-refractivity contribution in [1.82, 2.24) is 20.1 Å². The summed E-state index contributed by atoms with van der Waals surface area (Å²) in [5, 5.41) is 5.92. The second-order valence-corrected chi connectivity index (χ2v) is 8.60. The number of alkyl carbamates (subject to hydrolysis) is 1. The lowest BCUT2D eigenvalue weighted by Crippen LogP contribution is -2.52. The van der Waals surface area contributed by atoms with E-state index in [2.05, 4.69) is 10.6 Å². The van der Waals surface area contributed by atoms with Gasteiger partial charge in [-0.2, -0.15) is 0 Å². The molecule has 0 spiro atoms. The molecule has 9 nitrogen and oxygen atoms in total. The second-order valence-electron chi connectivity index (χ2n) is 8.60. The van der Waals surface area contributed by atoms with E-state index in [-0.39, 0.29) is 24.9 Å². The second kappa shape index (κ2) is 7.16. The maximum absolute atomic E-state index is 13.1. The highest BCUT2D eigenvalue weighted by Gasteiger charge is 2.39. The number of rotatable bonds is 3.